The Kier molecular flexibility index (Phi) is 3.12. The van der Waals surface area contributed by atoms with Gasteiger partial charge in [-0.3, -0.25) is 5.10 Å². The van der Waals surface area contributed by atoms with E-state index in [2.05, 4.69) is 15.2 Å². The molecule has 0 amide bonds. The molecule has 1 aliphatic rings. The van der Waals surface area contributed by atoms with E-state index in [1.807, 2.05) is 4.90 Å². The number of benzene rings is 1. The van der Waals surface area contributed by atoms with Crippen molar-refractivity contribution in [2.24, 2.45) is 0 Å². The molecule has 19 heavy (non-hydrogen) atoms. The number of H-pyrrole nitrogens is 1. The second-order valence-electron chi connectivity index (χ2n) is 4.21. The zero-order chi connectivity index (χ0) is 13.2. The van der Waals surface area contributed by atoms with Crippen LogP contribution >= 0.6 is 0 Å². The molecule has 1 aromatic heterocycles. The Morgan fingerprint density at radius 2 is 2.00 bits per heavy atom. The third-order valence-corrected chi connectivity index (χ3v) is 2.95. The zero-order valence-electron chi connectivity index (χ0n) is 10.1. The van der Waals surface area contributed by atoms with Crippen LogP contribution in [0.5, 0.6) is 0 Å². The summed E-state index contributed by atoms with van der Waals surface area (Å²) in [6.07, 6.45) is 0. The number of halogens is 2. The maximum atomic E-state index is 13.6. The molecular formula is C12H12F2N4O. The van der Waals surface area contributed by atoms with E-state index in [1.54, 1.807) is 0 Å². The van der Waals surface area contributed by atoms with Crippen LogP contribution in [0.15, 0.2) is 18.2 Å². The van der Waals surface area contributed by atoms with Gasteiger partial charge in [0.1, 0.15) is 11.6 Å². The molecule has 3 rings (SSSR count). The lowest BCUT2D eigenvalue weighted by molar-refractivity contribution is 0.122. The van der Waals surface area contributed by atoms with Gasteiger partial charge in [0.05, 0.1) is 18.8 Å². The number of hydrogen-bond donors (Lipinski definition) is 1. The van der Waals surface area contributed by atoms with Crippen LogP contribution in [-0.2, 0) is 4.74 Å². The van der Waals surface area contributed by atoms with Crippen molar-refractivity contribution in [2.75, 3.05) is 31.2 Å². The monoisotopic (exact) mass is 266 g/mol. The maximum Gasteiger partial charge on any atom is 0.245 e. The van der Waals surface area contributed by atoms with Crippen molar-refractivity contribution in [1.82, 2.24) is 15.2 Å². The first-order chi connectivity index (χ1) is 9.24. The van der Waals surface area contributed by atoms with E-state index in [-0.39, 0.29) is 5.56 Å². The van der Waals surface area contributed by atoms with Crippen molar-refractivity contribution >= 4 is 5.95 Å². The summed E-state index contributed by atoms with van der Waals surface area (Å²) >= 11 is 0. The average Bonchev–Trinajstić information content (AvgIpc) is 2.89. The Labute approximate surface area is 108 Å². The van der Waals surface area contributed by atoms with E-state index in [1.165, 1.54) is 12.1 Å². The summed E-state index contributed by atoms with van der Waals surface area (Å²) in [5.41, 5.74) is 0.202. The minimum atomic E-state index is -0.662. The number of nitrogens with one attached hydrogen (secondary N) is 1. The van der Waals surface area contributed by atoms with Crippen molar-refractivity contribution in [1.29, 1.82) is 0 Å². The predicted octanol–water partition coefficient (Wildman–Crippen LogP) is 1.59. The van der Waals surface area contributed by atoms with Crippen LogP contribution < -0.4 is 4.90 Å². The Morgan fingerprint density at radius 3 is 2.74 bits per heavy atom. The van der Waals surface area contributed by atoms with Gasteiger partial charge in [0.25, 0.3) is 0 Å². The Balaban J connectivity index is 1.87. The number of hydrogen-bond acceptors (Lipinski definition) is 4. The largest absolute Gasteiger partial charge is 0.378 e. The minimum Gasteiger partial charge on any atom is -0.378 e. The first kappa shape index (κ1) is 12.0. The van der Waals surface area contributed by atoms with Gasteiger partial charge in [-0.1, -0.05) is 0 Å². The van der Waals surface area contributed by atoms with Crippen LogP contribution in [0.25, 0.3) is 11.4 Å². The zero-order valence-corrected chi connectivity index (χ0v) is 10.1. The SMILES string of the molecule is Fc1ccc(-c2nc(N3CCOCC3)n[nH]2)c(F)c1. The third-order valence-electron chi connectivity index (χ3n) is 2.95. The first-order valence-electron chi connectivity index (χ1n) is 5.94. The Morgan fingerprint density at radius 1 is 1.21 bits per heavy atom. The number of nitrogens with zero attached hydrogens (tertiary/aromatic N) is 3. The van der Waals surface area contributed by atoms with Gasteiger partial charge in [0.2, 0.25) is 5.95 Å². The molecule has 0 saturated carbocycles. The smallest absolute Gasteiger partial charge is 0.245 e. The molecule has 0 bridgehead atoms. The molecule has 2 aromatic rings. The number of morpholine rings is 1. The van der Waals surface area contributed by atoms with E-state index in [4.69, 9.17) is 4.74 Å². The summed E-state index contributed by atoms with van der Waals surface area (Å²) in [7, 11) is 0. The summed E-state index contributed by atoms with van der Waals surface area (Å²) in [6, 6.07) is 3.36. The lowest BCUT2D eigenvalue weighted by Crippen LogP contribution is -2.36. The van der Waals surface area contributed by atoms with Crippen molar-refractivity contribution in [3.05, 3.63) is 29.8 Å². The normalized spacial score (nSPS) is 15.8. The Hall–Kier alpha value is -2.02. The van der Waals surface area contributed by atoms with E-state index < -0.39 is 11.6 Å². The standard InChI is InChI=1S/C12H12F2N4O/c13-8-1-2-9(10(14)7-8)11-15-12(17-16-11)18-3-5-19-6-4-18/h1-2,7H,3-6H2,(H,15,16,17). The summed E-state index contributed by atoms with van der Waals surface area (Å²) in [6.45, 7) is 2.63. The van der Waals surface area contributed by atoms with Gasteiger partial charge < -0.3 is 9.64 Å². The summed E-state index contributed by atoms with van der Waals surface area (Å²) in [5, 5.41) is 6.73. The van der Waals surface area contributed by atoms with Gasteiger partial charge in [0.15, 0.2) is 5.82 Å². The number of aromatic nitrogens is 3. The Bertz CT molecular complexity index is 581. The predicted molar refractivity (Wildman–Crippen MR) is 64.8 cm³/mol. The molecule has 100 valence electrons. The molecule has 1 fully saturated rings. The van der Waals surface area contributed by atoms with Crippen LogP contribution in [0.3, 0.4) is 0 Å². The first-order valence-corrected chi connectivity index (χ1v) is 5.94. The molecule has 1 N–H and O–H groups in total. The van der Waals surface area contributed by atoms with Crippen LogP contribution in [-0.4, -0.2) is 41.5 Å². The molecule has 7 heteroatoms. The van der Waals surface area contributed by atoms with Crippen molar-refractivity contribution in [3.8, 4) is 11.4 Å². The maximum absolute atomic E-state index is 13.6. The summed E-state index contributed by atoms with van der Waals surface area (Å²) in [5.74, 6) is -0.486. The highest BCUT2D eigenvalue weighted by Crippen LogP contribution is 2.21. The molecular weight excluding hydrogens is 254 g/mol. The number of ether oxygens (including phenoxy) is 1. The third kappa shape index (κ3) is 2.41. The molecule has 1 aliphatic heterocycles. The fraction of sp³-hybridized carbons (Fsp3) is 0.333. The molecule has 0 radical (unpaired) electrons. The topological polar surface area (TPSA) is 54.0 Å². The highest BCUT2D eigenvalue weighted by Gasteiger charge is 2.17. The van der Waals surface area contributed by atoms with Crippen LogP contribution in [0, 0.1) is 11.6 Å². The van der Waals surface area contributed by atoms with Crippen molar-refractivity contribution in [3.63, 3.8) is 0 Å². The molecule has 1 aromatic carbocycles. The fourth-order valence-electron chi connectivity index (χ4n) is 1.96. The lowest BCUT2D eigenvalue weighted by Gasteiger charge is -2.25. The summed E-state index contributed by atoms with van der Waals surface area (Å²) in [4.78, 5) is 6.19. The molecule has 0 spiro atoms. The summed E-state index contributed by atoms with van der Waals surface area (Å²) < 4.78 is 31.7. The van der Waals surface area contributed by atoms with Gasteiger partial charge in [-0.05, 0) is 12.1 Å². The van der Waals surface area contributed by atoms with Gasteiger partial charge in [-0.25, -0.2) is 8.78 Å². The number of rotatable bonds is 2. The van der Waals surface area contributed by atoms with Gasteiger partial charge in [-0.15, -0.1) is 5.10 Å². The van der Waals surface area contributed by atoms with Gasteiger partial charge in [-0.2, -0.15) is 4.98 Å². The minimum absolute atomic E-state index is 0.202. The highest BCUT2D eigenvalue weighted by molar-refractivity contribution is 5.57. The van der Waals surface area contributed by atoms with Crippen molar-refractivity contribution < 1.29 is 13.5 Å². The lowest BCUT2D eigenvalue weighted by atomic mass is 10.2. The second kappa shape index (κ2) is 4.93. The van der Waals surface area contributed by atoms with Crippen LogP contribution in [0.1, 0.15) is 0 Å². The van der Waals surface area contributed by atoms with E-state index >= 15 is 0 Å². The number of anilines is 1. The van der Waals surface area contributed by atoms with Crippen LogP contribution in [0.2, 0.25) is 0 Å². The van der Waals surface area contributed by atoms with E-state index in [0.717, 1.165) is 6.07 Å². The number of aromatic amines is 1. The molecule has 1 saturated heterocycles. The van der Waals surface area contributed by atoms with E-state index in [0.29, 0.717) is 38.1 Å². The fourth-order valence-corrected chi connectivity index (χ4v) is 1.96. The molecule has 0 unspecified atom stereocenters. The van der Waals surface area contributed by atoms with Gasteiger partial charge >= 0.3 is 0 Å². The van der Waals surface area contributed by atoms with Crippen molar-refractivity contribution in [2.45, 2.75) is 0 Å². The molecule has 0 aliphatic carbocycles. The van der Waals surface area contributed by atoms with Gasteiger partial charge in [0, 0.05) is 19.2 Å². The highest BCUT2D eigenvalue weighted by atomic mass is 19.1. The molecule has 5 nitrogen and oxygen atoms in total. The average molecular weight is 266 g/mol. The molecule has 2 heterocycles. The molecule has 0 atom stereocenters. The van der Waals surface area contributed by atoms with Crippen LogP contribution in [0.4, 0.5) is 14.7 Å². The second-order valence-corrected chi connectivity index (χ2v) is 4.21. The quantitative estimate of drug-likeness (QED) is 0.896. The van der Waals surface area contributed by atoms with E-state index in [9.17, 15) is 8.78 Å².